The van der Waals surface area contributed by atoms with Crippen LogP contribution in [0.5, 0.6) is 0 Å². The van der Waals surface area contributed by atoms with Gasteiger partial charge in [-0.25, -0.2) is 0 Å². The van der Waals surface area contributed by atoms with Gasteiger partial charge in [0, 0.05) is 51.5 Å². The normalized spacial score (nSPS) is 10.9. The quantitative estimate of drug-likeness (QED) is 0.329. The molecule has 190 valence electrons. The van der Waals surface area contributed by atoms with Crippen LogP contribution in [-0.2, 0) is 6.54 Å². The summed E-state index contributed by atoms with van der Waals surface area (Å²) in [7, 11) is 6.54. The molecule has 1 N–H and O–H groups in total. The van der Waals surface area contributed by atoms with Gasteiger partial charge in [-0.3, -0.25) is 5.10 Å². The van der Waals surface area contributed by atoms with E-state index >= 15 is 0 Å². The van der Waals surface area contributed by atoms with E-state index < -0.39 is 0 Å². The average molecular weight is 482 g/mol. The molecule has 1 aromatic heterocycles. The van der Waals surface area contributed by atoms with Crippen molar-refractivity contribution in [3.8, 4) is 0 Å². The van der Waals surface area contributed by atoms with Gasteiger partial charge in [-0.05, 0) is 29.2 Å². The number of aromatic nitrogens is 2. The molecule has 4 nitrogen and oxygen atoms in total. The predicted octanol–water partition coefficient (Wildman–Crippen LogP) is 5.00. The van der Waals surface area contributed by atoms with E-state index in [0.29, 0.717) is 20.1 Å². The van der Waals surface area contributed by atoms with Crippen LogP contribution in [0.25, 0.3) is 0 Å². The highest BCUT2D eigenvalue weighted by Gasteiger charge is 2.19. The molecule has 0 aliphatic carbocycles. The third-order valence-corrected chi connectivity index (χ3v) is 8.00. The van der Waals surface area contributed by atoms with Crippen molar-refractivity contribution in [2.45, 2.75) is 72.2 Å². The molecule has 0 radical (unpaired) electrons. The Morgan fingerprint density at radius 2 is 1.56 bits per heavy atom. The Balaban J connectivity index is 1.75. The maximum absolute atomic E-state index is 4.12. The molecule has 1 heterocycles. The zero-order chi connectivity index (χ0) is 26.1. The van der Waals surface area contributed by atoms with Gasteiger partial charge in [0.15, 0.2) is 20.1 Å². The summed E-state index contributed by atoms with van der Waals surface area (Å²) < 4.78 is 0. The predicted molar refractivity (Wildman–Crippen MR) is 166 cm³/mol. The molecule has 0 unspecified atom stereocenters. The van der Waals surface area contributed by atoms with Crippen molar-refractivity contribution in [2.24, 2.45) is 0 Å². The summed E-state index contributed by atoms with van der Waals surface area (Å²) in [5.41, 5.74) is 8.27. The molecule has 36 heavy (non-hydrogen) atoms. The zero-order valence-electron chi connectivity index (χ0n) is 23.7. The second kappa shape index (κ2) is 13.7. The average Bonchev–Trinajstić information content (AvgIpc) is 3.42. The van der Waals surface area contributed by atoms with Gasteiger partial charge in [0.05, 0.1) is 0 Å². The van der Waals surface area contributed by atoms with E-state index in [9.17, 15) is 0 Å². The van der Waals surface area contributed by atoms with Crippen LogP contribution in [0.1, 0.15) is 32.8 Å². The molecule has 2 aromatic carbocycles. The first-order valence-electron chi connectivity index (χ1n) is 14.0. The van der Waals surface area contributed by atoms with Crippen molar-refractivity contribution in [3.05, 3.63) is 60.4 Å². The van der Waals surface area contributed by atoms with Crippen LogP contribution in [0.3, 0.4) is 0 Å². The third-order valence-electron chi connectivity index (χ3n) is 8.00. The lowest BCUT2D eigenvalue weighted by Gasteiger charge is -2.26. The van der Waals surface area contributed by atoms with E-state index in [1.54, 1.807) is 0 Å². The van der Waals surface area contributed by atoms with Crippen molar-refractivity contribution in [1.29, 1.82) is 0 Å². The number of nitrogens with one attached hydrogen (secondary N) is 1. The van der Waals surface area contributed by atoms with Crippen molar-refractivity contribution in [2.75, 3.05) is 30.9 Å². The third kappa shape index (κ3) is 7.24. The monoisotopic (exact) mass is 482 g/mol. The Kier molecular flexibility index (Phi) is 10.6. The Morgan fingerprint density at radius 3 is 2.19 bits per heavy atom. The zero-order valence-corrected chi connectivity index (χ0v) is 23.7. The second-order valence-electron chi connectivity index (χ2n) is 10.7. The molecule has 0 fully saturated rings. The fraction of sp³-hybridized carbons (Fsp3) is 0.483. The minimum Gasteiger partial charge on any atom is -0.377 e. The fourth-order valence-electron chi connectivity index (χ4n) is 5.52. The van der Waals surface area contributed by atoms with Crippen molar-refractivity contribution in [3.63, 3.8) is 0 Å². The van der Waals surface area contributed by atoms with Crippen LogP contribution < -0.4 is 26.2 Å². The second-order valence-corrected chi connectivity index (χ2v) is 10.7. The number of anilines is 2. The maximum Gasteiger partial charge on any atom is 0.176 e. The van der Waals surface area contributed by atoms with E-state index in [2.05, 4.69) is 111 Å². The van der Waals surface area contributed by atoms with E-state index in [4.69, 9.17) is 0 Å². The topological polar surface area (TPSA) is 35.2 Å². The van der Waals surface area contributed by atoms with E-state index in [1.165, 1.54) is 71.3 Å². The minimum absolute atomic E-state index is 0.553. The fourth-order valence-corrected chi connectivity index (χ4v) is 5.52. The lowest BCUT2D eigenvalue weighted by atomic mass is 9.38. The Bertz CT molecular complexity index is 1050. The van der Waals surface area contributed by atoms with Crippen LogP contribution >= 0.6 is 0 Å². The number of benzene rings is 2. The molecule has 0 atom stereocenters. The molecule has 0 bridgehead atoms. The van der Waals surface area contributed by atoms with Gasteiger partial charge in [-0.1, -0.05) is 101 Å². The molecule has 0 spiro atoms. The Morgan fingerprint density at radius 1 is 0.833 bits per heavy atom. The molecule has 3 aromatic rings. The van der Waals surface area contributed by atoms with Gasteiger partial charge < -0.3 is 9.80 Å². The van der Waals surface area contributed by atoms with Crippen molar-refractivity contribution < 1.29 is 0 Å². The van der Waals surface area contributed by atoms with E-state index in [-0.39, 0.29) is 0 Å². The van der Waals surface area contributed by atoms with Gasteiger partial charge in [-0.15, -0.1) is 0 Å². The highest BCUT2D eigenvalue weighted by molar-refractivity contribution is 6.74. The first kappa shape index (κ1) is 28.0. The number of hydrogen-bond acceptors (Lipinski definition) is 3. The van der Waals surface area contributed by atoms with Crippen LogP contribution in [-0.4, -0.2) is 51.5 Å². The van der Waals surface area contributed by atoms with Gasteiger partial charge >= 0.3 is 0 Å². The summed E-state index contributed by atoms with van der Waals surface area (Å²) in [6.45, 7) is 11.9. The first-order chi connectivity index (χ1) is 17.4. The van der Waals surface area contributed by atoms with Crippen LogP contribution in [0, 0.1) is 0 Å². The lowest BCUT2D eigenvalue weighted by Crippen LogP contribution is -2.32. The Labute approximate surface area is 221 Å². The largest absolute Gasteiger partial charge is 0.377 e. The highest BCUT2D eigenvalue weighted by Crippen LogP contribution is 2.23. The van der Waals surface area contributed by atoms with Crippen LogP contribution in [0.4, 0.5) is 11.4 Å². The lowest BCUT2D eigenvalue weighted by molar-refractivity contribution is 0.915. The van der Waals surface area contributed by atoms with Crippen molar-refractivity contribution >= 4 is 47.9 Å². The smallest absolute Gasteiger partial charge is 0.176 e. The molecular formula is C29H45B3N4. The molecular weight excluding hydrogens is 437 g/mol. The van der Waals surface area contributed by atoms with Gasteiger partial charge in [0.1, 0.15) is 0 Å². The molecule has 0 amide bonds. The Hall–Kier alpha value is -2.56. The van der Waals surface area contributed by atoms with Crippen LogP contribution in [0.2, 0.25) is 38.4 Å². The van der Waals surface area contributed by atoms with Gasteiger partial charge in [0.2, 0.25) is 0 Å². The summed E-state index contributed by atoms with van der Waals surface area (Å²) in [5, 5.41) is 7.07. The minimum atomic E-state index is 0.553. The first-order valence-corrected chi connectivity index (χ1v) is 14.0. The maximum atomic E-state index is 4.12. The number of H-pyrrole nitrogens is 1. The molecule has 0 saturated carbocycles. The van der Waals surface area contributed by atoms with Gasteiger partial charge in [-0.2, -0.15) is 5.10 Å². The number of rotatable bonds is 14. The SMILES string of the molecule is CCB(CC)c1cccc(N(C)Cc2cc(B(CC)CCCB(C)c3cn[nH]c3)ccc2N(C)C)c1. The molecule has 0 aliphatic rings. The summed E-state index contributed by atoms with van der Waals surface area (Å²) >= 11 is 0. The summed E-state index contributed by atoms with van der Waals surface area (Å²) in [4.78, 5) is 4.66. The molecule has 0 aliphatic heterocycles. The summed E-state index contributed by atoms with van der Waals surface area (Å²) in [5.74, 6) is 0. The molecule has 3 rings (SSSR count). The number of aromatic amines is 1. The number of nitrogens with zero attached hydrogens (tertiary/aromatic N) is 3. The van der Waals surface area contributed by atoms with E-state index in [1.807, 2.05) is 12.4 Å². The van der Waals surface area contributed by atoms with Crippen LogP contribution in [0.15, 0.2) is 54.9 Å². The highest BCUT2D eigenvalue weighted by atomic mass is 15.1. The molecule has 0 saturated heterocycles. The number of hydrogen-bond donors (Lipinski definition) is 1. The van der Waals surface area contributed by atoms with E-state index in [0.717, 1.165) is 6.54 Å². The standard InChI is InChI=1S/C29H45B3N4/c1-8-31(9-2)25-13-11-14-28(20-25)36(7)23-24-19-26(15-16-29(24)35(5)6)32(10-3)18-12-17-30(4)27-21-33-34-22-27/h11,13-16,19-22H,8-10,12,17-18,23H2,1-7H3,(H,33,34). The summed E-state index contributed by atoms with van der Waals surface area (Å²) in [6, 6.07) is 16.3. The molecule has 7 heteroatoms. The summed E-state index contributed by atoms with van der Waals surface area (Å²) in [6.07, 6.45) is 11.2. The van der Waals surface area contributed by atoms with Gasteiger partial charge in [0.25, 0.3) is 0 Å². The van der Waals surface area contributed by atoms with Crippen molar-refractivity contribution in [1.82, 2.24) is 10.2 Å².